The van der Waals surface area contributed by atoms with Crippen LogP contribution in [0.15, 0.2) is 36.4 Å². The van der Waals surface area contributed by atoms with Gasteiger partial charge in [-0.25, -0.2) is 9.18 Å². The number of aryl methyl sites for hydroxylation is 3. The standard InChI is InChI=1S/C19H20FNO3/c1-11-8-12(2)17(13(3)9-11)21-18(22)14(4)24-19(23)15-6-5-7-16(20)10-15/h5-10,14H,1-4H3,(H,21,22). The van der Waals surface area contributed by atoms with Crippen LogP contribution in [0.1, 0.15) is 34.0 Å². The van der Waals surface area contributed by atoms with Crippen LogP contribution in [0.2, 0.25) is 0 Å². The Bertz CT molecular complexity index is 763. The zero-order chi connectivity index (χ0) is 17.9. The molecule has 0 radical (unpaired) electrons. The van der Waals surface area contributed by atoms with Gasteiger partial charge in [-0.1, -0.05) is 23.8 Å². The fourth-order valence-electron chi connectivity index (χ4n) is 2.50. The number of anilines is 1. The molecule has 1 atom stereocenters. The predicted molar refractivity (Wildman–Crippen MR) is 90.6 cm³/mol. The van der Waals surface area contributed by atoms with Gasteiger partial charge in [0, 0.05) is 5.69 Å². The molecule has 0 bridgehead atoms. The first-order valence-corrected chi connectivity index (χ1v) is 7.63. The summed E-state index contributed by atoms with van der Waals surface area (Å²) in [7, 11) is 0. The van der Waals surface area contributed by atoms with Crippen LogP contribution >= 0.6 is 0 Å². The van der Waals surface area contributed by atoms with Crippen molar-refractivity contribution in [3.05, 3.63) is 64.5 Å². The Morgan fingerprint density at radius 1 is 1.08 bits per heavy atom. The van der Waals surface area contributed by atoms with Gasteiger partial charge in [-0.3, -0.25) is 4.79 Å². The number of halogens is 1. The van der Waals surface area contributed by atoms with Gasteiger partial charge in [-0.2, -0.15) is 0 Å². The number of hydrogen-bond acceptors (Lipinski definition) is 3. The second-order valence-electron chi connectivity index (χ2n) is 5.82. The lowest BCUT2D eigenvalue weighted by Crippen LogP contribution is -2.30. The summed E-state index contributed by atoms with van der Waals surface area (Å²) in [5.74, 6) is -1.71. The van der Waals surface area contributed by atoms with Crippen LogP contribution in [0, 0.1) is 26.6 Å². The monoisotopic (exact) mass is 329 g/mol. The Balaban J connectivity index is 2.06. The highest BCUT2D eigenvalue weighted by Crippen LogP contribution is 2.22. The van der Waals surface area contributed by atoms with Gasteiger partial charge in [0.15, 0.2) is 6.10 Å². The maximum atomic E-state index is 13.1. The van der Waals surface area contributed by atoms with Crippen molar-refractivity contribution in [3.63, 3.8) is 0 Å². The van der Waals surface area contributed by atoms with Crippen LogP contribution in [-0.2, 0) is 9.53 Å². The lowest BCUT2D eigenvalue weighted by atomic mass is 10.0. The van der Waals surface area contributed by atoms with Crippen molar-refractivity contribution in [2.24, 2.45) is 0 Å². The van der Waals surface area contributed by atoms with E-state index in [-0.39, 0.29) is 5.56 Å². The third kappa shape index (κ3) is 4.19. The smallest absolute Gasteiger partial charge is 0.339 e. The third-order valence-electron chi connectivity index (χ3n) is 3.64. The molecule has 0 aliphatic heterocycles. The minimum Gasteiger partial charge on any atom is -0.449 e. The Morgan fingerprint density at radius 3 is 2.29 bits per heavy atom. The SMILES string of the molecule is Cc1cc(C)c(NC(=O)C(C)OC(=O)c2cccc(F)c2)c(C)c1. The molecule has 1 unspecified atom stereocenters. The van der Waals surface area contributed by atoms with Crippen molar-refractivity contribution in [1.82, 2.24) is 0 Å². The molecule has 126 valence electrons. The van der Waals surface area contributed by atoms with E-state index in [0.29, 0.717) is 5.69 Å². The summed E-state index contributed by atoms with van der Waals surface area (Å²) in [6, 6.07) is 9.08. The van der Waals surface area contributed by atoms with Gasteiger partial charge < -0.3 is 10.1 Å². The summed E-state index contributed by atoms with van der Waals surface area (Å²) in [5.41, 5.74) is 3.75. The number of rotatable bonds is 4. The topological polar surface area (TPSA) is 55.4 Å². The molecule has 0 saturated carbocycles. The summed E-state index contributed by atoms with van der Waals surface area (Å²) in [6.07, 6.45) is -0.999. The first kappa shape index (κ1) is 17.7. The number of esters is 1. The van der Waals surface area contributed by atoms with Crippen molar-refractivity contribution >= 4 is 17.6 Å². The normalized spacial score (nSPS) is 11.7. The average molecular weight is 329 g/mol. The number of hydrogen-bond donors (Lipinski definition) is 1. The number of amides is 1. The van der Waals surface area contributed by atoms with E-state index in [1.165, 1.54) is 25.1 Å². The Kier molecular flexibility index (Phi) is 5.34. The fourth-order valence-corrected chi connectivity index (χ4v) is 2.50. The van der Waals surface area contributed by atoms with Gasteiger partial charge >= 0.3 is 5.97 Å². The molecule has 0 heterocycles. The second kappa shape index (κ2) is 7.25. The lowest BCUT2D eigenvalue weighted by Gasteiger charge is -2.17. The van der Waals surface area contributed by atoms with E-state index in [2.05, 4.69) is 5.32 Å². The van der Waals surface area contributed by atoms with Gasteiger partial charge in [0.25, 0.3) is 5.91 Å². The molecule has 1 amide bonds. The summed E-state index contributed by atoms with van der Waals surface area (Å²) >= 11 is 0. The van der Waals surface area contributed by atoms with Gasteiger partial charge in [-0.15, -0.1) is 0 Å². The van der Waals surface area contributed by atoms with Crippen molar-refractivity contribution in [2.75, 3.05) is 5.32 Å². The molecule has 2 rings (SSSR count). The summed E-state index contributed by atoms with van der Waals surface area (Å²) < 4.78 is 18.3. The maximum absolute atomic E-state index is 13.1. The van der Waals surface area contributed by atoms with Crippen molar-refractivity contribution < 1.29 is 18.7 Å². The zero-order valence-electron chi connectivity index (χ0n) is 14.1. The van der Waals surface area contributed by atoms with Crippen molar-refractivity contribution in [1.29, 1.82) is 0 Å². The number of carbonyl (C=O) groups is 2. The molecule has 0 aliphatic carbocycles. The minimum absolute atomic E-state index is 0.0670. The zero-order valence-corrected chi connectivity index (χ0v) is 14.1. The largest absolute Gasteiger partial charge is 0.449 e. The molecule has 5 heteroatoms. The molecule has 0 saturated heterocycles. The third-order valence-corrected chi connectivity index (χ3v) is 3.64. The quantitative estimate of drug-likeness (QED) is 0.865. The number of ether oxygens (including phenoxy) is 1. The highest BCUT2D eigenvalue weighted by molar-refractivity contribution is 5.98. The molecule has 0 spiro atoms. The molecule has 24 heavy (non-hydrogen) atoms. The van der Waals surface area contributed by atoms with E-state index in [4.69, 9.17) is 4.74 Å². The van der Waals surface area contributed by atoms with E-state index < -0.39 is 23.8 Å². The van der Waals surface area contributed by atoms with Crippen molar-refractivity contribution in [2.45, 2.75) is 33.8 Å². The summed E-state index contributed by atoms with van der Waals surface area (Å²) in [5, 5.41) is 2.78. The van der Waals surface area contributed by atoms with Crippen LogP contribution in [-0.4, -0.2) is 18.0 Å². The highest BCUT2D eigenvalue weighted by atomic mass is 19.1. The highest BCUT2D eigenvalue weighted by Gasteiger charge is 2.20. The summed E-state index contributed by atoms with van der Waals surface area (Å²) in [4.78, 5) is 24.2. The molecular formula is C19H20FNO3. The maximum Gasteiger partial charge on any atom is 0.339 e. The molecule has 4 nitrogen and oxygen atoms in total. The van der Waals surface area contributed by atoms with Crippen LogP contribution in [0.3, 0.4) is 0 Å². The van der Waals surface area contributed by atoms with E-state index in [1.807, 2.05) is 32.9 Å². The first-order valence-electron chi connectivity index (χ1n) is 7.63. The van der Waals surface area contributed by atoms with Crippen LogP contribution in [0.5, 0.6) is 0 Å². The Labute approximate surface area is 140 Å². The number of benzene rings is 2. The van der Waals surface area contributed by atoms with Crippen LogP contribution in [0.25, 0.3) is 0 Å². The molecule has 0 aromatic heterocycles. The van der Waals surface area contributed by atoms with Gasteiger partial charge in [0.2, 0.25) is 0 Å². The van der Waals surface area contributed by atoms with E-state index >= 15 is 0 Å². The molecule has 2 aromatic carbocycles. The summed E-state index contributed by atoms with van der Waals surface area (Å²) in [6.45, 7) is 7.26. The van der Waals surface area contributed by atoms with Crippen LogP contribution in [0.4, 0.5) is 10.1 Å². The van der Waals surface area contributed by atoms with Gasteiger partial charge in [0.1, 0.15) is 5.82 Å². The van der Waals surface area contributed by atoms with E-state index in [9.17, 15) is 14.0 Å². The Hall–Kier alpha value is -2.69. The van der Waals surface area contributed by atoms with E-state index in [1.54, 1.807) is 0 Å². The molecule has 1 N–H and O–H groups in total. The van der Waals surface area contributed by atoms with E-state index in [0.717, 1.165) is 22.8 Å². The van der Waals surface area contributed by atoms with Gasteiger partial charge in [-0.05, 0) is 57.0 Å². The fraction of sp³-hybridized carbons (Fsp3) is 0.263. The first-order chi connectivity index (χ1) is 11.3. The minimum atomic E-state index is -0.999. The molecule has 0 fully saturated rings. The van der Waals surface area contributed by atoms with Crippen LogP contribution < -0.4 is 5.32 Å². The average Bonchev–Trinajstić information content (AvgIpc) is 2.50. The number of nitrogens with one attached hydrogen (secondary N) is 1. The lowest BCUT2D eigenvalue weighted by molar-refractivity contribution is -0.123. The second-order valence-corrected chi connectivity index (χ2v) is 5.82. The van der Waals surface area contributed by atoms with Gasteiger partial charge in [0.05, 0.1) is 5.56 Å². The molecule has 2 aromatic rings. The van der Waals surface area contributed by atoms with Crippen molar-refractivity contribution in [3.8, 4) is 0 Å². The Morgan fingerprint density at radius 2 is 1.71 bits per heavy atom. The number of carbonyl (C=O) groups excluding carboxylic acids is 2. The predicted octanol–water partition coefficient (Wildman–Crippen LogP) is 3.93. The molecular weight excluding hydrogens is 309 g/mol. The molecule has 0 aliphatic rings.